The Bertz CT molecular complexity index is 615. The van der Waals surface area contributed by atoms with Crippen LogP contribution in [0.15, 0.2) is 24.3 Å². The fourth-order valence-electron chi connectivity index (χ4n) is 2.75. The number of sulfone groups is 1. The lowest BCUT2D eigenvalue weighted by atomic mass is 10.1. The second-order valence-corrected chi connectivity index (χ2v) is 7.56. The van der Waals surface area contributed by atoms with Gasteiger partial charge in [-0.1, -0.05) is 18.2 Å². The summed E-state index contributed by atoms with van der Waals surface area (Å²) in [5.41, 5.74) is 0.515. The minimum absolute atomic E-state index is 0.0479. The van der Waals surface area contributed by atoms with Crippen molar-refractivity contribution in [2.24, 2.45) is 0 Å². The molecule has 1 unspecified atom stereocenters. The number of nitrogens with zero attached hydrogens (tertiary/aromatic N) is 1. The molecular weight excluding hydrogens is 293 g/mol. The molecule has 1 fully saturated rings. The van der Waals surface area contributed by atoms with E-state index < -0.39 is 9.84 Å². The van der Waals surface area contributed by atoms with Gasteiger partial charge >= 0.3 is 0 Å². The Labute approximate surface area is 124 Å². The summed E-state index contributed by atoms with van der Waals surface area (Å²) < 4.78 is 36.6. The van der Waals surface area contributed by atoms with Crippen LogP contribution in [0.2, 0.25) is 0 Å². The first-order valence-corrected chi connectivity index (χ1v) is 8.98. The molecule has 0 spiro atoms. The number of benzene rings is 1. The fraction of sp³-hybridized carbons (Fsp3) is 0.533. The zero-order chi connectivity index (χ0) is 15.5. The van der Waals surface area contributed by atoms with Crippen molar-refractivity contribution in [3.05, 3.63) is 35.6 Å². The summed E-state index contributed by atoms with van der Waals surface area (Å²) in [5.74, 6) is -0.222. The van der Waals surface area contributed by atoms with E-state index in [0.29, 0.717) is 24.9 Å². The van der Waals surface area contributed by atoms with Crippen LogP contribution in [0.5, 0.6) is 0 Å². The van der Waals surface area contributed by atoms with Crippen LogP contribution in [0, 0.1) is 5.82 Å². The molecule has 4 nitrogen and oxygen atoms in total. The van der Waals surface area contributed by atoms with E-state index in [0.717, 1.165) is 0 Å². The third kappa shape index (κ3) is 4.03. The maximum Gasteiger partial charge on any atom is 0.223 e. The van der Waals surface area contributed by atoms with Crippen molar-refractivity contribution in [3.63, 3.8) is 0 Å². The summed E-state index contributed by atoms with van der Waals surface area (Å²) in [7, 11) is -3.01. The van der Waals surface area contributed by atoms with Crippen LogP contribution < -0.4 is 0 Å². The quantitative estimate of drug-likeness (QED) is 0.833. The average Bonchev–Trinajstić information content (AvgIpc) is 2.79. The number of halogens is 1. The van der Waals surface area contributed by atoms with Gasteiger partial charge in [0, 0.05) is 19.0 Å². The van der Waals surface area contributed by atoms with Crippen molar-refractivity contribution in [2.75, 3.05) is 18.1 Å². The third-order valence-electron chi connectivity index (χ3n) is 3.88. The van der Waals surface area contributed by atoms with E-state index in [9.17, 15) is 17.6 Å². The zero-order valence-corrected chi connectivity index (χ0v) is 12.9. The number of amides is 1. The first-order chi connectivity index (χ1) is 9.93. The van der Waals surface area contributed by atoms with E-state index >= 15 is 0 Å². The lowest BCUT2D eigenvalue weighted by molar-refractivity contribution is -0.132. The predicted molar refractivity (Wildman–Crippen MR) is 79.2 cm³/mol. The molecule has 0 aliphatic carbocycles. The summed E-state index contributed by atoms with van der Waals surface area (Å²) >= 11 is 0. The zero-order valence-electron chi connectivity index (χ0n) is 12.1. The highest BCUT2D eigenvalue weighted by molar-refractivity contribution is 7.91. The Morgan fingerprint density at radius 2 is 2.10 bits per heavy atom. The second kappa shape index (κ2) is 6.56. The van der Waals surface area contributed by atoms with Crippen LogP contribution in [-0.2, 0) is 21.1 Å². The first kappa shape index (κ1) is 15.9. The number of carbonyl (C=O) groups excluding carboxylic acids is 1. The molecule has 0 aromatic heterocycles. The van der Waals surface area contributed by atoms with Crippen molar-refractivity contribution in [2.45, 2.75) is 32.2 Å². The molecule has 1 aliphatic rings. The number of hydrogen-bond acceptors (Lipinski definition) is 3. The standard InChI is InChI=1S/C15H20FNO3S/c1-2-17(13-9-10-21(19,20)11-13)15(18)8-7-12-5-3-4-6-14(12)16/h3-6,13H,2,7-11H2,1H3. The molecule has 1 heterocycles. The molecule has 116 valence electrons. The molecule has 1 atom stereocenters. The van der Waals surface area contributed by atoms with Gasteiger partial charge in [0.05, 0.1) is 11.5 Å². The van der Waals surface area contributed by atoms with Gasteiger partial charge in [-0.25, -0.2) is 12.8 Å². The summed E-state index contributed by atoms with van der Waals surface area (Å²) in [5, 5.41) is 0. The topological polar surface area (TPSA) is 54.5 Å². The molecule has 1 amide bonds. The van der Waals surface area contributed by atoms with Gasteiger partial charge < -0.3 is 4.90 Å². The molecule has 0 saturated carbocycles. The molecule has 0 bridgehead atoms. The molecule has 6 heteroatoms. The molecule has 1 saturated heterocycles. The molecule has 1 aliphatic heterocycles. The number of hydrogen-bond donors (Lipinski definition) is 0. The molecule has 2 rings (SSSR count). The van der Waals surface area contributed by atoms with Crippen molar-refractivity contribution < 1.29 is 17.6 Å². The van der Waals surface area contributed by atoms with E-state index in [1.54, 1.807) is 23.1 Å². The van der Waals surface area contributed by atoms with Crippen molar-refractivity contribution in [1.82, 2.24) is 4.90 Å². The Morgan fingerprint density at radius 3 is 2.67 bits per heavy atom. The summed E-state index contributed by atoms with van der Waals surface area (Å²) in [4.78, 5) is 13.9. The second-order valence-electron chi connectivity index (χ2n) is 5.33. The predicted octanol–water partition coefficient (Wildman–Crippen LogP) is 1.79. The number of carbonyl (C=O) groups is 1. The lowest BCUT2D eigenvalue weighted by Gasteiger charge is -2.27. The highest BCUT2D eigenvalue weighted by atomic mass is 32.2. The maximum absolute atomic E-state index is 13.5. The summed E-state index contributed by atoms with van der Waals surface area (Å²) in [6, 6.07) is 6.17. The summed E-state index contributed by atoms with van der Waals surface area (Å²) in [6.45, 7) is 2.32. The average molecular weight is 313 g/mol. The van der Waals surface area contributed by atoms with E-state index in [2.05, 4.69) is 0 Å². The molecular formula is C15H20FNO3S. The van der Waals surface area contributed by atoms with Gasteiger partial charge in [-0.05, 0) is 31.4 Å². The normalized spacial score (nSPS) is 20.4. The van der Waals surface area contributed by atoms with Gasteiger partial charge in [0.25, 0.3) is 0 Å². The van der Waals surface area contributed by atoms with Crippen LogP contribution in [0.25, 0.3) is 0 Å². The third-order valence-corrected chi connectivity index (χ3v) is 5.63. The van der Waals surface area contributed by atoms with Gasteiger partial charge in [0.2, 0.25) is 5.91 Å². The Morgan fingerprint density at radius 1 is 1.38 bits per heavy atom. The van der Waals surface area contributed by atoms with Crippen LogP contribution in [0.1, 0.15) is 25.3 Å². The van der Waals surface area contributed by atoms with Crippen LogP contribution in [-0.4, -0.2) is 43.3 Å². The van der Waals surface area contributed by atoms with Crippen LogP contribution in [0.3, 0.4) is 0 Å². The summed E-state index contributed by atoms with van der Waals surface area (Å²) in [6.07, 6.45) is 1.04. The van der Waals surface area contributed by atoms with Gasteiger partial charge in [0.1, 0.15) is 5.82 Å². The molecule has 1 aromatic carbocycles. The van der Waals surface area contributed by atoms with E-state index in [-0.39, 0.29) is 35.7 Å². The fourth-order valence-corrected chi connectivity index (χ4v) is 4.48. The minimum Gasteiger partial charge on any atom is -0.339 e. The van der Waals surface area contributed by atoms with Crippen LogP contribution in [0.4, 0.5) is 4.39 Å². The Kier molecular flexibility index (Phi) is 4.98. The maximum atomic E-state index is 13.5. The van der Waals surface area contributed by atoms with Crippen molar-refractivity contribution in [1.29, 1.82) is 0 Å². The molecule has 21 heavy (non-hydrogen) atoms. The van der Waals surface area contributed by atoms with E-state index in [4.69, 9.17) is 0 Å². The SMILES string of the molecule is CCN(C(=O)CCc1ccccc1F)C1CCS(=O)(=O)C1. The van der Waals surface area contributed by atoms with Gasteiger partial charge in [0.15, 0.2) is 9.84 Å². The van der Waals surface area contributed by atoms with Crippen molar-refractivity contribution in [3.8, 4) is 0 Å². The smallest absolute Gasteiger partial charge is 0.223 e. The molecule has 0 radical (unpaired) electrons. The highest BCUT2D eigenvalue weighted by Gasteiger charge is 2.33. The Balaban J connectivity index is 1.97. The van der Waals surface area contributed by atoms with Crippen molar-refractivity contribution >= 4 is 15.7 Å². The molecule has 1 aromatic rings. The number of aryl methyl sites for hydroxylation is 1. The van der Waals surface area contributed by atoms with Gasteiger partial charge in [-0.3, -0.25) is 4.79 Å². The lowest BCUT2D eigenvalue weighted by Crippen LogP contribution is -2.41. The first-order valence-electron chi connectivity index (χ1n) is 7.16. The van der Waals surface area contributed by atoms with Crippen LogP contribution >= 0.6 is 0 Å². The van der Waals surface area contributed by atoms with Gasteiger partial charge in [-0.2, -0.15) is 0 Å². The van der Waals surface area contributed by atoms with E-state index in [1.807, 2.05) is 6.92 Å². The highest BCUT2D eigenvalue weighted by Crippen LogP contribution is 2.19. The molecule has 0 N–H and O–H groups in total. The minimum atomic E-state index is -3.01. The van der Waals surface area contributed by atoms with Gasteiger partial charge in [-0.15, -0.1) is 0 Å². The monoisotopic (exact) mass is 313 g/mol. The largest absolute Gasteiger partial charge is 0.339 e. The number of rotatable bonds is 5. The van der Waals surface area contributed by atoms with E-state index in [1.165, 1.54) is 6.07 Å². The Hall–Kier alpha value is -1.43.